The lowest BCUT2D eigenvalue weighted by Crippen LogP contribution is -2.11. The van der Waals surface area contributed by atoms with Crippen molar-refractivity contribution in [3.05, 3.63) is 24.3 Å². The van der Waals surface area contributed by atoms with Crippen LogP contribution in [0.3, 0.4) is 0 Å². The van der Waals surface area contributed by atoms with Crippen molar-refractivity contribution < 1.29 is 1.43 Å². The van der Waals surface area contributed by atoms with Gasteiger partial charge in [-0.1, -0.05) is 17.3 Å². The molecule has 4 nitrogen and oxygen atoms in total. The normalized spacial score (nSPS) is 10.9. The number of hydrogen-bond donors (Lipinski definition) is 1. The van der Waals surface area contributed by atoms with Gasteiger partial charge in [0.1, 0.15) is 5.52 Å². The Kier molecular flexibility index (Phi) is 2.74. The minimum atomic E-state index is 0. The van der Waals surface area contributed by atoms with Crippen LogP contribution in [0.2, 0.25) is 0 Å². The van der Waals surface area contributed by atoms with Crippen LogP contribution in [0.1, 0.15) is 7.85 Å². The Labute approximate surface area is 84.4 Å². The van der Waals surface area contributed by atoms with E-state index < -0.39 is 0 Å². The number of aryl methyl sites for hydroxylation is 1. The topological polar surface area (TPSA) is 42.7 Å². The van der Waals surface area contributed by atoms with E-state index >= 15 is 0 Å². The molecule has 1 N–H and O–H groups in total. The zero-order chi connectivity index (χ0) is 9.80. The summed E-state index contributed by atoms with van der Waals surface area (Å²) in [4.78, 5) is 0. The summed E-state index contributed by atoms with van der Waals surface area (Å²) in [7, 11) is 1.96. The lowest BCUT2D eigenvalue weighted by molar-refractivity contribution is 0.559. The smallest absolute Gasteiger partial charge is 0.113 e. The van der Waals surface area contributed by atoms with Crippen LogP contribution >= 0.6 is 0 Å². The van der Waals surface area contributed by atoms with Crippen LogP contribution in [0.25, 0.3) is 11.0 Å². The lowest BCUT2D eigenvalue weighted by Gasteiger charge is -2.00. The molecule has 4 heteroatoms. The summed E-state index contributed by atoms with van der Waals surface area (Å²) in [6.07, 6.45) is 1.07. The zero-order valence-corrected chi connectivity index (χ0v) is 8.27. The van der Waals surface area contributed by atoms with E-state index in [1.807, 2.05) is 29.9 Å². The Morgan fingerprint density at radius 2 is 2.29 bits per heavy atom. The standard InChI is InChI=1S/C10H14N4.H2/c1-11-7-4-8-14-10-6-3-2-5-9(10)12-13-14;/h2-3,5-6,11H,4,7-8H2,1H3;1H. The van der Waals surface area contributed by atoms with E-state index in [0.717, 1.165) is 30.5 Å². The van der Waals surface area contributed by atoms with E-state index in [1.165, 1.54) is 0 Å². The second-order valence-electron chi connectivity index (χ2n) is 3.26. The molecule has 0 aliphatic carbocycles. The Hall–Kier alpha value is -1.42. The number of fused-ring (bicyclic) bond motifs is 1. The molecule has 1 aromatic heterocycles. The second-order valence-corrected chi connectivity index (χ2v) is 3.26. The monoisotopic (exact) mass is 192 g/mol. The molecule has 0 saturated carbocycles. The molecule has 0 amide bonds. The predicted octanol–water partition coefficient (Wildman–Crippen LogP) is 1.29. The molecular weight excluding hydrogens is 176 g/mol. The third-order valence-corrected chi connectivity index (χ3v) is 2.22. The predicted molar refractivity (Wildman–Crippen MR) is 58.2 cm³/mol. The number of hydrogen-bond acceptors (Lipinski definition) is 3. The van der Waals surface area contributed by atoms with Gasteiger partial charge in [0, 0.05) is 7.97 Å². The van der Waals surface area contributed by atoms with Crippen molar-refractivity contribution in [1.82, 2.24) is 20.3 Å². The third kappa shape index (κ3) is 1.75. The number of nitrogens with zero attached hydrogens (tertiary/aromatic N) is 3. The fourth-order valence-corrected chi connectivity index (χ4v) is 1.49. The number of benzene rings is 1. The van der Waals surface area contributed by atoms with Crippen molar-refractivity contribution in [3.8, 4) is 0 Å². The zero-order valence-electron chi connectivity index (χ0n) is 8.27. The molecular formula is C10H16N4. The Bertz CT molecular complexity index is 412. The van der Waals surface area contributed by atoms with Gasteiger partial charge in [0.15, 0.2) is 0 Å². The summed E-state index contributed by atoms with van der Waals surface area (Å²) in [5, 5.41) is 11.3. The van der Waals surface area contributed by atoms with Gasteiger partial charge >= 0.3 is 0 Å². The first-order valence-corrected chi connectivity index (χ1v) is 4.84. The summed E-state index contributed by atoms with van der Waals surface area (Å²) in [5.74, 6) is 0. The molecule has 1 aromatic carbocycles. The minimum absolute atomic E-state index is 0. The molecule has 0 aliphatic heterocycles. The first-order valence-electron chi connectivity index (χ1n) is 4.84. The molecule has 0 aliphatic rings. The van der Waals surface area contributed by atoms with Gasteiger partial charge in [0.05, 0.1) is 5.52 Å². The van der Waals surface area contributed by atoms with Gasteiger partial charge in [-0.2, -0.15) is 0 Å². The molecule has 0 unspecified atom stereocenters. The van der Waals surface area contributed by atoms with Crippen LogP contribution in [0.4, 0.5) is 0 Å². The average molecular weight is 192 g/mol. The molecule has 0 bridgehead atoms. The first-order chi connectivity index (χ1) is 6.92. The molecule has 76 valence electrons. The van der Waals surface area contributed by atoms with Gasteiger partial charge in [0.25, 0.3) is 0 Å². The van der Waals surface area contributed by atoms with Gasteiger partial charge in [0.2, 0.25) is 0 Å². The van der Waals surface area contributed by atoms with Crippen LogP contribution in [0.15, 0.2) is 24.3 Å². The largest absolute Gasteiger partial charge is 0.320 e. The highest BCUT2D eigenvalue weighted by molar-refractivity contribution is 5.73. The van der Waals surface area contributed by atoms with Gasteiger partial charge in [-0.05, 0) is 32.1 Å². The summed E-state index contributed by atoms with van der Waals surface area (Å²) < 4.78 is 1.95. The maximum absolute atomic E-state index is 4.11. The first kappa shape index (κ1) is 9.15. The quantitative estimate of drug-likeness (QED) is 0.742. The molecule has 0 atom stereocenters. The highest BCUT2D eigenvalue weighted by atomic mass is 15.4. The van der Waals surface area contributed by atoms with E-state index in [0.29, 0.717) is 0 Å². The summed E-state index contributed by atoms with van der Waals surface area (Å²) >= 11 is 0. The van der Waals surface area contributed by atoms with E-state index in [2.05, 4.69) is 21.7 Å². The SMILES string of the molecule is CNCCCn1nnc2ccccc21.[HH]. The molecule has 1 heterocycles. The molecule has 0 radical (unpaired) electrons. The van der Waals surface area contributed by atoms with Crippen LogP contribution in [-0.4, -0.2) is 28.6 Å². The fraction of sp³-hybridized carbons (Fsp3) is 0.400. The van der Waals surface area contributed by atoms with Crippen LogP contribution < -0.4 is 5.32 Å². The van der Waals surface area contributed by atoms with Crippen molar-refractivity contribution in [2.24, 2.45) is 0 Å². The summed E-state index contributed by atoms with van der Waals surface area (Å²) in [6.45, 7) is 1.93. The number of rotatable bonds is 4. The molecule has 2 rings (SSSR count). The highest BCUT2D eigenvalue weighted by Gasteiger charge is 2.01. The van der Waals surface area contributed by atoms with E-state index in [-0.39, 0.29) is 1.43 Å². The summed E-state index contributed by atoms with van der Waals surface area (Å²) in [6, 6.07) is 8.03. The Morgan fingerprint density at radius 1 is 1.43 bits per heavy atom. The lowest BCUT2D eigenvalue weighted by atomic mass is 10.3. The van der Waals surface area contributed by atoms with Gasteiger partial charge in [-0.15, -0.1) is 5.10 Å². The molecule has 0 saturated heterocycles. The van der Waals surface area contributed by atoms with Crippen LogP contribution in [0.5, 0.6) is 0 Å². The van der Waals surface area contributed by atoms with Crippen LogP contribution in [0, 0.1) is 0 Å². The van der Waals surface area contributed by atoms with Crippen molar-refractivity contribution in [2.45, 2.75) is 13.0 Å². The molecule has 0 fully saturated rings. The molecule has 0 spiro atoms. The number of para-hydroxylation sites is 1. The van der Waals surface area contributed by atoms with Crippen molar-refractivity contribution >= 4 is 11.0 Å². The van der Waals surface area contributed by atoms with Crippen molar-refractivity contribution in [1.29, 1.82) is 0 Å². The average Bonchev–Trinajstić information content (AvgIpc) is 2.63. The number of aromatic nitrogens is 3. The van der Waals surface area contributed by atoms with E-state index in [1.54, 1.807) is 0 Å². The fourth-order valence-electron chi connectivity index (χ4n) is 1.49. The van der Waals surface area contributed by atoms with Gasteiger partial charge in [-0.25, -0.2) is 4.68 Å². The summed E-state index contributed by atoms with van der Waals surface area (Å²) in [5.41, 5.74) is 2.08. The van der Waals surface area contributed by atoms with Crippen LogP contribution in [-0.2, 0) is 6.54 Å². The highest BCUT2D eigenvalue weighted by Crippen LogP contribution is 2.09. The molecule has 14 heavy (non-hydrogen) atoms. The van der Waals surface area contributed by atoms with Crippen molar-refractivity contribution in [3.63, 3.8) is 0 Å². The maximum Gasteiger partial charge on any atom is 0.113 e. The minimum Gasteiger partial charge on any atom is -0.320 e. The molecule has 2 aromatic rings. The van der Waals surface area contributed by atoms with E-state index in [9.17, 15) is 0 Å². The Balaban J connectivity index is 0.00000112. The third-order valence-electron chi connectivity index (χ3n) is 2.22. The number of nitrogens with one attached hydrogen (secondary N) is 1. The Morgan fingerprint density at radius 3 is 3.14 bits per heavy atom. The second kappa shape index (κ2) is 4.19. The van der Waals surface area contributed by atoms with Gasteiger partial charge in [-0.3, -0.25) is 0 Å². The van der Waals surface area contributed by atoms with Gasteiger partial charge < -0.3 is 5.32 Å². The maximum atomic E-state index is 4.11. The van der Waals surface area contributed by atoms with E-state index in [4.69, 9.17) is 0 Å². The van der Waals surface area contributed by atoms with Crippen molar-refractivity contribution in [2.75, 3.05) is 13.6 Å².